The normalized spacial score (nSPS) is 14.3. The van der Waals surface area contributed by atoms with Gasteiger partial charge in [0.25, 0.3) is 0 Å². The average molecular weight is 208 g/mol. The maximum Gasteiger partial charge on any atom is 0.242 e. The number of nitrogens with zero attached hydrogens (tertiary/aromatic N) is 2. The lowest BCUT2D eigenvalue weighted by molar-refractivity contribution is -0.118. The molecule has 0 bridgehead atoms. The summed E-state index contributed by atoms with van der Waals surface area (Å²) in [7, 11) is 0. The van der Waals surface area contributed by atoms with Gasteiger partial charge < -0.3 is 11.1 Å². The van der Waals surface area contributed by atoms with Crippen molar-refractivity contribution in [3.05, 3.63) is 18.6 Å². The number of hydrogen-bond acceptors (Lipinski definition) is 4. The zero-order valence-electron chi connectivity index (χ0n) is 8.97. The number of anilines is 1. The maximum atomic E-state index is 11.6. The largest absolute Gasteiger partial charge is 0.320 e. The second-order valence-corrected chi connectivity index (χ2v) is 3.49. The van der Waals surface area contributed by atoms with E-state index in [-0.39, 0.29) is 11.8 Å². The van der Waals surface area contributed by atoms with Gasteiger partial charge in [-0.2, -0.15) is 0 Å². The summed E-state index contributed by atoms with van der Waals surface area (Å²) in [6.45, 7) is 3.95. The van der Waals surface area contributed by atoms with Crippen LogP contribution in [0, 0.1) is 5.92 Å². The lowest BCUT2D eigenvalue weighted by Gasteiger charge is -2.16. The minimum atomic E-state index is -0.503. The Balaban J connectivity index is 2.56. The average Bonchev–Trinajstić information content (AvgIpc) is 2.28. The first-order valence-electron chi connectivity index (χ1n) is 4.97. The number of aromatic nitrogens is 2. The number of carbonyl (C=O) groups excluding carboxylic acids is 1. The standard InChI is InChI=1S/C10H16N4O/c1-3-7(2)9(11)10(15)14-8-6-12-4-5-13-8/h4-7,9H,3,11H2,1-2H3,(H,13,14,15)/t7?,9-/m0/s1. The van der Waals surface area contributed by atoms with Crippen LogP contribution in [-0.2, 0) is 4.79 Å². The van der Waals surface area contributed by atoms with Crippen LogP contribution in [0.2, 0.25) is 0 Å². The van der Waals surface area contributed by atoms with Crippen molar-refractivity contribution >= 4 is 11.7 Å². The summed E-state index contributed by atoms with van der Waals surface area (Å²) < 4.78 is 0. The molecule has 82 valence electrons. The van der Waals surface area contributed by atoms with Crippen molar-refractivity contribution in [3.8, 4) is 0 Å². The fourth-order valence-electron chi connectivity index (χ4n) is 1.09. The van der Waals surface area contributed by atoms with Gasteiger partial charge in [0.15, 0.2) is 5.82 Å². The molecule has 0 saturated carbocycles. The van der Waals surface area contributed by atoms with E-state index in [1.165, 1.54) is 12.4 Å². The topological polar surface area (TPSA) is 80.9 Å². The summed E-state index contributed by atoms with van der Waals surface area (Å²) in [6, 6.07) is -0.503. The minimum Gasteiger partial charge on any atom is -0.320 e. The van der Waals surface area contributed by atoms with Crippen LogP contribution in [-0.4, -0.2) is 21.9 Å². The Bertz CT molecular complexity index is 314. The Labute approximate surface area is 89.1 Å². The molecule has 1 heterocycles. The van der Waals surface area contributed by atoms with Crippen molar-refractivity contribution in [2.45, 2.75) is 26.3 Å². The van der Waals surface area contributed by atoms with Gasteiger partial charge in [-0.05, 0) is 5.92 Å². The van der Waals surface area contributed by atoms with E-state index >= 15 is 0 Å². The fourth-order valence-corrected chi connectivity index (χ4v) is 1.09. The lowest BCUT2D eigenvalue weighted by atomic mass is 9.99. The molecule has 15 heavy (non-hydrogen) atoms. The van der Waals surface area contributed by atoms with Crippen LogP contribution in [0.5, 0.6) is 0 Å². The quantitative estimate of drug-likeness (QED) is 0.766. The van der Waals surface area contributed by atoms with E-state index in [0.29, 0.717) is 5.82 Å². The van der Waals surface area contributed by atoms with Crippen LogP contribution in [0.15, 0.2) is 18.6 Å². The molecule has 0 saturated heterocycles. The first kappa shape index (κ1) is 11.6. The molecule has 1 unspecified atom stereocenters. The second-order valence-electron chi connectivity index (χ2n) is 3.49. The van der Waals surface area contributed by atoms with Gasteiger partial charge >= 0.3 is 0 Å². The third-order valence-electron chi connectivity index (χ3n) is 2.37. The molecule has 0 aromatic carbocycles. The monoisotopic (exact) mass is 208 g/mol. The molecule has 1 aromatic rings. The molecule has 0 aliphatic carbocycles. The number of hydrogen-bond donors (Lipinski definition) is 2. The molecule has 1 amide bonds. The van der Waals surface area contributed by atoms with Crippen LogP contribution in [0.4, 0.5) is 5.82 Å². The lowest BCUT2D eigenvalue weighted by Crippen LogP contribution is -2.40. The maximum absolute atomic E-state index is 11.6. The summed E-state index contributed by atoms with van der Waals surface area (Å²) in [5.74, 6) is 0.368. The Morgan fingerprint density at radius 2 is 2.33 bits per heavy atom. The number of rotatable bonds is 4. The summed E-state index contributed by atoms with van der Waals surface area (Å²) in [5.41, 5.74) is 5.76. The number of nitrogens with two attached hydrogens (primary N) is 1. The predicted octanol–water partition coefficient (Wildman–Crippen LogP) is 0.788. The van der Waals surface area contributed by atoms with Crippen molar-refractivity contribution in [1.82, 2.24) is 9.97 Å². The molecule has 0 aliphatic heterocycles. The van der Waals surface area contributed by atoms with Crippen LogP contribution < -0.4 is 11.1 Å². The molecule has 1 aromatic heterocycles. The highest BCUT2D eigenvalue weighted by Crippen LogP contribution is 2.07. The molecular weight excluding hydrogens is 192 g/mol. The molecule has 1 rings (SSSR count). The first-order valence-corrected chi connectivity index (χ1v) is 4.97. The molecule has 0 aliphatic rings. The Hall–Kier alpha value is -1.49. The van der Waals surface area contributed by atoms with E-state index in [1.54, 1.807) is 6.20 Å². The molecule has 5 heteroatoms. The van der Waals surface area contributed by atoms with Gasteiger partial charge in [0.2, 0.25) is 5.91 Å². The first-order chi connectivity index (χ1) is 7.15. The van der Waals surface area contributed by atoms with Crippen molar-refractivity contribution in [1.29, 1.82) is 0 Å². The molecule has 0 radical (unpaired) electrons. The SMILES string of the molecule is CCC(C)[C@H](N)C(=O)Nc1cnccn1. The Morgan fingerprint density at radius 3 is 2.87 bits per heavy atom. The van der Waals surface area contributed by atoms with E-state index in [9.17, 15) is 4.79 Å². The zero-order chi connectivity index (χ0) is 11.3. The molecule has 0 spiro atoms. The summed E-state index contributed by atoms with van der Waals surface area (Å²) >= 11 is 0. The molecule has 3 N–H and O–H groups in total. The van der Waals surface area contributed by atoms with E-state index in [1.807, 2.05) is 13.8 Å². The zero-order valence-corrected chi connectivity index (χ0v) is 8.97. The Kier molecular flexibility index (Phi) is 4.17. The van der Waals surface area contributed by atoms with Gasteiger partial charge in [-0.25, -0.2) is 4.98 Å². The molecule has 0 fully saturated rings. The third kappa shape index (κ3) is 3.28. The van der Waals surface area contributed by atoms with Gasteiger partial charge in [0, 0.05) is 12.4 Å². The van der Waals surface area contributed by atoms with Crippen molar-refractivity contribution in [2.24, 2.45) is 11.7 Å². The van der Waals surface area contributed by atoms with Crippen molar-refractivity contribution in [3.63, 3.8) is 0 Å². The van der Waals surface area contributed by atoms with E-state index in [4.69, 9.17) is 5.73 Å². The van der Waals surface area contributed by atoms with Gasteiger partial charge in [0.05, 0.1) is 12.2 Å². The van der Waals surface area contributed by atoms with Crippen LogP contribution in [0.3, 0.4) is 0 Å². The fraction of sp³-hybridized carbons (Fsp3) is 0.500. The summed E-state index contributed by atoms with van der Waals surface area (Å²) in [6.07, 6.45) is 5.42. The van der Waals surface area contributed by atoms with Crippen LogP contribution in [0.1, 0.15) is 20.3 Å². The highest BCUT2D eigenvalue weighted by molar-refractivity contribution is 5.93. The summed E-state index contributed by atoms with van der Waals surface area (Å²) in [4.78, 5) is 19.4. The van der Waals surface area contributed by atoms with Crippen LogP contribution >= 0.6 is 0 Å². The Morgan fingerprint density at radius 1 is 1.60 bits per heavy atom. The molecule has 2 atom stereocenters. The third-order valence-corrected chi connectivity index (χ3v) is 2.37. The van der Waals surface area contributed by atoms with E-state index in [0.717, 1.165) is 6.42 Å². The number of carbonyl (C=O) groups is 1. The smallest absolute Gasteiger partial charge is 0.242 e. The van der Waals surface area contributed by atoms with Crippen molar-refractivity contribution in [2.75, 3.05) is 5.32 Å². The highest BCUT2D eigenvalue weighted by Gasteiger charge is 2.19. The number of amides is 1. The predicted molar refractivity (Wildman–Crippen MR) is 58.1 cm³/mol. The number of nitrogens with one attached hydrogen (secondary N) is 1. The minimum absolute atomic E-state index is 0.154. The highest BCUT2D eigenvalue weighted by atomic mass is 16.2. The van der Waals surface area contributed by atoms with E-state index in [2.05, 4.69) is 15.3 Å². The molecular formula is C10H16N4O. The second kappa shape index (κ2) is 5.41. The van der Waals surface area contributed by atoms with Gasteiger partial charge in [0.1, 0.15) is 0 Å². The van der Waals surface area contributed by atoms with Crippen LogP contribution in [0.25, 0.3) is 0 Å². The van der Waals surface area contributed by atoms with Gasteiger partial charge in [-0.3, -0.25) is 9.78 Å². The van der Waals surface area contributed by atoms with Gasteiger partial charge in [-0.1, -0.05) is 20.3 Å². The van der Waals surface area contributed by atoms with Gasteiger partial charge in [-0.15, -0.1) is 0 Å². The van der Waals surface area contributed by atoms with E-state index < -0.39 is 6.04 Å². The van der Waals surface area contributed by atoms with Crippen molar-refractivity contribution < 1.29 is 4.79 Å². The molecule has 5 nitrogen and oxygen atoms in total. The summed E-state index contributed by atoms with van der Waals surface area (Å²) in [5, 5.41) is 2.62.